The number of halogens is 1. The largest absolute Gasteiger partial charge is 0.484 e. The topological polar surface area (TPSA) is 69.0 Å². The molecule has 7 heteroatoms. The van der Waals surface area contributed by atoms with Gasteiger partial charge in [-0.25, -0.2) is 4.39 Å². The lowest BCUT2D eigenvalue weighted by atomic mass is 10.2. The summed E-state index contributed by atoms with van der Waals surface area (Å²) in [7, 11) is 0. The molecule has 2 heterocycles. The predicted octanol–water partition coefficient (Wildman–Crippen LogP) is 3.16. The summed E-state index contributed by atoms with van der Waals surface area (Å²) in [5.74, 6) is 0.453. The highest BCUT2D eigenvalue weighted by Gasteiger charge is 2.28. The first-order chi connectivity index (χ1) is 13.7. The normalized spacial score (nSPS) is 13.3. The van der Waals surface area contributed by atoms with Gasteiger partial charge in [-0.05, 0) is 55.3 Å². The van der Waals surface area contributed by atoms with Crippen molar-refractivity contribution in [3.05, 3.63) is 66.4 Å². The molecule has 0 atom stereocenters. The lowest BCUT2D eigenvalue weighted by Gasteiger charge is -2.09. The zero-order chi connectivity index (χ0) is 19.3. The van der Waals surface area contributed by atoms with Gasteiger partial charge in [-0.2, -0.15) is 5.10 Å². The molecule has 0 radical (unpaired) electrons. The minimum absolute atomic E-state index is 0.109. The van der Waals surface area contributed by atoms with Crippen LogP contribution in [0.25, 0.3) is 11.3 Å². The Morgan fingerprint density at radius 1 is 1.18 bits per heavy atom. The van der Waals surface area contributed by atoms with Crippen LogP contribution in [0.3, 0.4) is 0 Å². The molecule has 28 heavy (non-hydrogen) atoms. The molecule has 2 aromatic heterocycles. The standard InChI is InChI=1S/C21H21FN4O2/c22-17-3-5-18(6-4-17)28-14-21(27)24-11-12-26-20(16-1-2-16)13-19(25-26)15-7-9-23-10-8-15/h3-10,13,16H,1-2,11-12,14H2,(H,24,27). The number of rotatable bonds is 8. The Bertz CT molecular complexity index is 937. The van der Waals surface area contributed by atoms with Gasteiger partial charge < -0.3 is 10.1 Å². The lowest BCUT2D eigenvalue weighted by molar-refractivity contribution is -0.123. The summed E-state index contributed by atoms with van der Waals surface area (Å²) in [6.45, 7) is 0.949. The van der Waals surface area contributed by atoms with E-state index in [2.05, 4.69) is 16.4 Å². The molecule has 1 aromatic carbocycles. The van der Waals surface area contributed by atoms with Gasteiger partial charge in [0.2, 0.25) is 0 Å². The quantitative estimate of drug-likeness (QED) is 0.652. The Balaban J connectivity index is 1.31. The number of benzene rings is 1. The van der Waals surface area contributed by atoms with Crippen molar-refractivity contribution < 1.29 is 13.9 Å². The number of hydrogen-bond donors (Lipinski definition) is 1. The van der Waals surface area contributed by atoms with E-state index >= 15 is 0 Å². The molecule has 1 fully saturated rings. The van der Waals surface area contributed by atoms with Gasteiger partial charge >= 0.3 is 0 Å². The van der Waals surface area contributed by atoms with Gasteiger partial charge in [-0.1, -0.05) is 0 Å². The third-order valence-electron chi connectivity index (χ3n) is 4.61. The lowest BCUT2D eigenvalue weighted by Crippen LogP contribution is -2.32. The van der Waals surface area contributed by atoms with Crippen LogP contribution in [0.4, 0.5) is 4.39 Å². The summed E-state index contributed by atoms with van der Waals surface area (Å²) >= 11 is 0. The Morgan fingerprint density at radius 2 is 1.93 bits per heavy atom. The van der Waals surface area contributed by atoms with Crippen molar-refractivity contribution in [2.75, 3.05) is 13.2 Å². The van der Waals surface area contributed by atoms with E-state index in [-0.39, 0.29) is 18.3 Å². The zero-order valence-electron chi connectivity index (χ0n) is 15.3. The van der Waals surface area contributed by atoms with E-state index in [4.69, 9.17) is 9.84 Å². The van der Waals surface area contributed by atoms with E-state index in [9.17, 15) is 9.18 Å². The number of carbonyl (C=O) groups is 1. The van der Waals surface area contributed by atoms with Gasteiger partial charge in [-0.15, -0.1) is 0 Å². The first-order valence-electron chi connectivity index (χ1n) is 9.32. The van der Waals surface area contributed by atoms with Crippen molar-refractivity contribution >= 4 is 5.91 Å². The Kier molecular flexibility index (Phi) is 5.32. The Hall–Kier alpha value is -3.22. The molecule has 3 aromatic rings. The second-order valence-corrected chi connectivity index (χ2v) is 6.78. The summed E-state index contributed by atoms with van der Waals surface area (Å²) in [4.78, 5) is 16.0. The van der Waals surface area contributed by atoms with Crippen LogP contribution < -0.4 is 10.1 Å². The smallest absolute Gasteiger partial charge is 0.258 e. The highest BCUT2D eigenvalue weighted by Crippen LogP contribution is 2.41. The van der Waals surface area contributed by atoms with Crippen LogP contribution in [0.5, 0.6) is 5.75 Å². The van der Waals surface area contributed by atoms with Crippen LogP contribution >= 0.6 is 0 Å². The van der Waals surface area contributed by atoms with Crippen LogP contribution in [-0.2, 0) is 11.3 Å². The molecule has 6 nitrogen and oxygen atoms in total. The van der Waals surface area contributed by atoms with Gasteiger partial charge in [0.25, 0.3) is 5.91 Å². The summed E-state index contributed by atoms with van der Waals surface area (Å²) in [5.41, 5.74) is 3.17. The molecular weight excluding hydrogens is 359 g/mol. The second kappa shape index (κ2) is 8.21. The van der Waals surface area contributed by atoms with Gasteiger partial charge in [0.15, 0.2) is 6.61 Å². The molecular formula is C21H21FN4O2. The average Bonchev–Trinajstić information content (AvgIpc) is 3.48. The van der Waals surface area contributed by atoms with E-state index in [0.717, 1.165) is 11.3 Å². The molecule has 0 spiro atoms. The summed E-state index contributed by atoms with van der Waals surface area (Å²) in [6.07, 6.45) is 5.87. The molecule has 0 saturated heterocycles. The number of amides is 1. The highest BCUT2D eigenvalue weighted by atomic mass is 19.1. The zero-order valence-corrected chi connectivity index (χ0v) is 15.3. The molecule has 1 aliphatic rings. The third kappa shape index (κ3) is 4.54. The van der Waals surface area contributed by atoms with Crippen molar-refractivity contribution in [1.29, 1.82) is 0 Å². The van der Waals surface area contributed by atoms with Crippen LogP contribution in [0.1, 0.15) is 24.5 Å². The Labute approximate surface area is 162 Å². The van der Waals surface area contributed by atoms with E-state index in [1.165, 1.54) is 42.8 Å². The van der Waals surface area contributed by atoms with Gasteiger partial charge in [0.05, 0.1) is 12.2 Å². The highest BCUT2D eigenvalue weighted by molar-refractivity contribution is 5.77. The maximum absolute atomic E-state index is 12.9. The number of pyridine rings is 1. The Morgan fingerprint density at radius 3 is 2.64 bits per heavy atom. The van der Waals surface area contributed by atoms with Gasteiger partial charge in [0.1, 0.15) is 11.6 Å². The van der Waals surface area contributed by atoms with E-state index in [1.54, 1.807) is 12.4 Å². The number of ether oxygens (including phenoxy) is 1. The minimum Gasteiger partial charge on any atom is -0.484 e. The van der Waals surface area contributed by atoms with Crippen LogP contribution in [0.2, 0.25) is 0 Å². The van der Waals surface area contributed by atoms with Crippen LogP contribution in [-0.4, -0.2) is 33.8 Å². The predicted molar refractivity (Wildman–Crippen MR) is 102 cm³/mol. The fourth-order valence-electron chi connectivity index (χ4n) is 3.01. The third-order valence-corrected chi connectivity index (χ3v) is 4.61. The SMILES string of the molecule is O=C(COc1ccc(F)cc1)NCCn1nc(-c2ccncc2)cc1C1CC1. The molecule has 0 bridgehead atoms. The molecule has 4 rings (SSSR count). The summed E-state index contributed by atoms with van der Waals surface area (Å²) < 4.78 is 20.2. The second-order valence-electron chi connectivity index (χ2n) is 6.78. The van der Waals surface area contributed by atoms with Gasteiger partial charge in [-0.3, -0.25) is 14.5 Å². The number of nitrogens with one attached hydrogen (secondary N) is 1. The number of carbonyl (C=O) groups excluding carboxylic acids is 1. The minimum atomic E-state index is -0.339. The molecule has 1 amide bonds. The summed E-state index contributed by atoms with van der Waals surface area (Å²) in [5, 5.41) is 7.55. The van der Waals surface area contributed by atoms with Crippen LogP contribution in [0, 0.1) is 5.82 Å². The van der Waals surface area contributed by atoms with Crippen molar-refractivity contribution in [2.24, 2.45) is 0 Å². The van der Waals surface area contributed by atoms with E-state index in [0.29, 0.717) is 24.8 Å². The van der Waals surface area contributed by atoms with Crippen LogP contribution in [0.15, 0.2) is 54.9 Å². The fraction of sp³-hybridized carbons (Fsp3) is 0.286. The number of hydrogen-bond acceptors (Lipinski definition) is 4. The maximum Gasteiger partial charge on any atom is 0.258 e. The molecule has 1 N–H and O–H groups in total. The molecule has 0 aliphatic heterocycles. The van der Waals surface area contributed by atoms with Crippen molar-refractivity contribution in [2.45, 2.75) is 25.3 Å². The monoisotopic (exact) mass is 380 g/mol. The van der Waals surface area contributed by atoms with Crippen molar-refractivity contribution in [1.82, 2.24) is 20.1 Å². The molecule has 1 saturated carbocycles. The van der Waals surface area contributed by atoms with Crippen molar-refractivity contribution in [3.63, 3.8) is 0 Å². The first-order valence-corrected chi connectivity index (χ1v) is 9.32. The van der Waals surface area contributed by atoms with Gasteiger partial charge in [0, 0.05) is 36.1 Å². The number of aromatic nitrogens is 3. The van der Waals surface area contributed by atoms with E-state index < -0.39 is 0 Å². The average molecular weight is 380 g/mol. The molecule has 0 unspecified atom stereocenters. The molecule has 1 aliphatic carbocycles. The number of nitrogens with zero attached hydrogens (tertiary/aromatic N) is 3. The van der Waals surface area contributed by atoms with Crippen molar-refractivity contribution in [3.8, 4) is 17.0 Å². The maximum atomic E-state index is 12.9. The van der Waals surface area contributed by atoms with E-state index in [1.807, 2.05) is 16.8 Å². The fourth-order valence-corrected chi connectivity index (χ4v) is 3.01. The summed E-state index contributed by atoms with van der Waals surface area (Å²) in [6, 6.07) is 11.6. The first kappa shape index (κ1) is 18.2. The molecule has 144 valence electrons.